The van der Waals surface area contributed by atoms with Crippen molar-refractivity contribution in [1.82, 2.24) is 25.5 Å². The first-order chi connectivity index (χ1) is 34.9. The maximum Gasteiger partial charge on any atom is 0.419 e. The number of aromatic nitrogens is 2. The van der Waals surface area contributed by atoms with Gasteiger partial charge in [0.05, 0.1) is 58.0 Å². The van der Waals surface area contributed by atoms with Crippen LogP contribution in [0.2, 0.25) is 0 Å². The third-order valence-corrected chi connectivity index (χ3v) is 14.2. The molecule has 5 aromatic rings. The van der Waals surface area contributed by atoms with Crippen LogP contribution in [-0.4, -0.2) is 98.8 Å². The van der Waals surface area contributed by atoms with E-state index in [1.54, 1.807) is 68.0 Å². The van der Waals surface area contributed by atoms with Gasteiger partial charge in [-0.2, -0.15) is 18.4 Å². The molecule has 3 aromatic carbocycles. The minimum atomic E-state index is -4.93. The molecule has 4 amide bonds. The molecule has 0 saturated carbocycles. The summed E-state index contributed by atoms with van der Waals surface area (Å²) in [5.74, 6) is -2.31. The lowest BCUT2D eigenvalue weighted by molar-refractivity contribution is -0.144. The predicted octanol–water partition coefficient (Wildman–Crippen LogP) is 8.67. The van der Waals surface area contributed by atoms with Crippen LogP contribution in [-0.2, 0) is 30.1 Å². The number of anilines is 2. The van der Waals surface area contributed by atoms with E-state index in [9.17, 15) is 37.5 Å². The van der Waals surface area contributed by atoms with Crippen LogP contribution in [0.1, 0.15) is 89.4 Å². The van der Waals surface area contributed by atoms with E-state index in [1.807, 2.05) is 38.1 Å². The van der Waals surface area contributed by atoms with Crippen molar-refractivity contribution in [1.29, 1.82) is 5.26 Å². The number of likely N-dealkylation sites (tertiary alicyclic amines) is 1. The summed E-state index contributed by atoms with van der Waals surface area (Å²) in [6, 6.07) is 18.7. The van der Waals surface area contributed by atoms with Gasteiger partial charge in [-0.3, -0.25) is 24.1 Å². The number of β-amino-alcohol motifs (C(OH)–C–C–N with tert-alkyl or cyclic N) is 1. The molecule has 74 heavy (non-hydrogen) atoms. The fraction of sp³-hybridized carbons (Fsp3) is 0.396. The number of aryl methyl sites for hydroxylation is 1. The van der Waals surface area contributed by atoms with Gasteiger partial charge < -0.3 is 35.0 Å². The van der Waals surface area contributed by atoms with Gasteiger partial charge in [0.25, 0.3) is 5.91 Å². The van der Waals surface area contributed by atoms with E-state index >= 15 is 4.39 Å². The molecule has 390 valence electrons. The van der Waals surface area contributed by atoms with Gasteiger partial charge in [-0.15, -0.1) is 11.3 Å². The highest BCUT2D eigenvalue weighted by molar-refractivity contribution is 7.81. The zero-order valence-electron chi connectivity index (χ0n) is 41.8. The molecule has 15 nitrogen and oxygen atoms in total. The van der Waals surface area contributed by atoms with Crippen molar-refractivity contribution >= 4 is 63.7 Å². The Balaban J connectivity index is 0.859. The molecule has 0 spiro atoms. The van der Waals surface area contributed by atoms with Crippen molar-refractivity contribution in [3.63, 3.8) is 0 Å². The van der Waals surface area contributed by atoms with Crippen LogP contribution in [0.3, 0.4) is 0 Å². The monoisotopic (exact) mass is 1060 g/mol. The Hall–Kier alpha value is -6.86. The van der Waals surface area contributed by atoms with E-state index in [2.05, 4.69) is 20.6 Å². The van der Waals surface area contributed by atoms with Gasteiger partial charge in [0.1, 0.15) is 41.9 Å². The first-order valence-corrected chi connectivity index (χ1v) is 25.0. The van der Waals surface area contributed by atoms with Crippen molar-refractivity contribution in [2.75, 3.05) is 36.2 Å². The van der Waals surface area contributed by atoms with Crippen molar-refractivity contribution in [3.8, 4) is 33.4 Å². The highest BCUT2D eigenvalue weighted by Crippen LogP contribution is 2.41. The number of halogens is 4. The maximum atomic E-state index is 15.9. The lowest BCUT2D eigenvalue weighted by atomic mass is 9.85. The van der Waals surface area contributed by atoms with Gasteiger partial charge in [-0.25, -0.2) is 14.4 Å². The average Bonchev–Trinajstić information content (AvgIpc) is 4.02. The number of carbonyl (C=O) groups excluding carboxylic acids is 4. The Morgan fingerprint density at radius 3 is 2.26 bits per heavy atom. The highest BCUT2D eigenvalue weighted by Gasteiger charge is 2.52. The van der Waals surface area contributed by atoms with Crippen LogP contribution < -0.4 is 25.2 Å². The van der Waals surface area contributed by atoms with Crippen LogP contribution >= 0.6 is 23.6 Å². The Labute approximate surface area is 435 Å². The fourth-order valence-electron chi connectivity index (χ4n) is 8.80. The predicted molar refractivity (Wildman–Crippen MR) is 274 cm³/mol. The summed E-state index contributed by atoms with van der Waals surface area (Å²) in [6.07, 6.45) is -3.72. The summed E-state index contributed by atoms with van der Waals surface area (Å²) in [7, 11) is 0. The number of thiazole rings is 1. The zero-order valence-corrected chi connectivity index (χ0v) is 43.4. The molecule has 2 aromatic heterocycles. The first kappa shape index (κ1) is 54.9. The smallest absolute Gasteiger partial charge is 0.419 e. The molecule has 2 saturated heterocycles. The number of amides is 4. The zero-order chi connectivity index (χ0) is 53.9. The van der Waals surface area contributed by atoms with Crippen molar-refractivity contribution in [2.24, 2.45) is 5.41 Å². The number of alkyl halides is 3. The van der Waals surface area contributed by atoms with Gasteiger partial charge in [-0.05, 0) is 111 Å². The summed E-state index contributed by atoms with van der Waals surface area (Å²) in [5, 5.41) is 25.3. The number of hydrogen-bond acceptors (Lipinski definition) is 12. The maximum absolute atomic E-state index is 15.9. The molecule has 2 aliphatic heterocycles. The number of nitriles is 1. The molecule has 2 aliphatic rings. The molecule has 0 bridgehead atoms. The molecule has 4 heterocycles. The number of nitrogens with zero attached hydrogens (tertiary/aromatic N) is 6. The molecule has 4 atom stereocenters. The average molecular weight is 1060 g/mol. The van der Waals surface area contributed by atoms with E-state index in [1.165, 1.54) is 41.8 Å². The van der Waals surface area contributed by atoms with Crippen LogP contribution in [0.4, 0.5) is 28.9 Å². The number of ether oxygens (including phenoxy) is 2. The lowest BCUT2D eigenvalue weighted by Crippen LogP contribution is -2.58. The second-order valence-corrected chi connectivity index (χ2v) is 20.9. The lowest BCUT2D eigenvalue weighted by Gasteiger charge is -2.35. The van der Waals surface area contributed by atoms with E-state index in [0.29, 0.717) is 42.4 Å². The number of aliphatic hydroxyl groups is 1. The summed E-state index contributed by atoms with van der Waals surface area (Å²) in [6.45, 7) is 12.3. The first-order valence-electron chi connectivity index (χ1n) is 23.8. The minimum Gasteiger partial charge on any atom is -0.494 e. The summed E-state index contributed by atoms with van der Waals surface area (Å²) < 4.78 is 68.7. The molecule has 21 heteroatoms. The Kier molecular flexibility index (Phi) is 16.6. The molecule has 0 radical (unpaired) electrons. The Morgan fingerprint density at radius 1 is 0.973 bits per heavy atom. The van der Waals surface area contributed by atoms with Gasteiger partial charge in [0.2, 0.25) is 17.7 Å². The third kappa shape index (κ3) is 12.0. The van der Waals surface area contributed by atoms with Crippen molar-refractivity contribution in [2.45, 2.75) is 104 Å². The summed E-state index contributed by atoms with van der Waals surface area (Å²) in [4.78, 5) is 66.9. The van der Waals surface area contributed by atoms with Crippen LogP contribution in [0.15, 0.2) is 84.5 Å². The van der Waals surface area contributed by atoms with Gasteiger partial charge >= 0.3 is 6.18 Å². The number of pyridine rings is 1. The van der Waals surface area contributed by atoms with Gasteiger partial charge in [0, 0.05) is 19.6 Å². The highest BCUT2D eigenvalue weighted by atomic mass is 32.1. The number of thiocarbonyl (C=S) groups is 1. The molecule has 7 rings (SSSR count). The normalized spacial score (nSPS) is 17.5. The van der Waals surface area contributed by atoms with Crippen LogP contribution in [0, 0.1) is 29.5 Å². The number of benzene rings is 3. The molecule has 2 unspecified atom stereocenters. The van der Waals surface area contributed by atoms with E-state index in [0.717, 1.165) is 32.8 Å². The summed E-state index contributed by atoms with van der Waals surface area (Å²) >= 11 is 7.09. The SMILES string of the molecule is Cc1ncsc1-c1ccc(C(C)NC(=O)[C@@H]2C[C@@H](O)CN2C(=O)C(NC(=O)COCCCCOc2ccc(-c3ccc(N4C(=S)N(c5cnc(C#N)c(C(F)(F)F)c5)C(=O)C4(C)C)c(F)c3)cc2)C(C)(C)C)cc1. The van der Waals surface area contributed by atoms with E-state index in [-0.39, 0.29) is 48.7 Å². The van der Waals surface area contributed by atoms with Crippen LogP contribution in [0.5, 0.6) is 5.75 Å². The summed E-state index contributed by atoms with van der Waals surface area (Å²) in [5.41, 5.74) is 0.917. The van der Waals surface area contributed by atoms with Crippen LogP contribution in [0.25, 0.3) is 21.6 Å². The molecule has 2 fully saturated rings. The number of nitrogens with one attached hydrogen (secondary N) is 2. The molecule has 0 aliphatic carbocycles. The second kappa shape index (κ2) is 22.3. The second-order valence-electron chi connectivity index (χ2n) is 19.7. The van der Waals surface area contributed by atoms with Crippen molar-refractivity contribution < 1.29 is 51.3 Å². The van der Waals surface area contributed by atoms with Crippen molar-refractivity contribution in [3.05, 3.63) is 113 Å². The molecular weight excluding hydrogens is 1000 g/mol. The third-order valence-electron chi connectivity index (χ3n) is 12.8. The Bertz CT molecular complexity index is 2960. The number of aliphatic hydroxyl groups excluding tert-OH is 1. The number of carbonyl (C=O) groups is 4. The van der Waals surface area contributed by atoms with Gasteiger partial charge in [-0.1, -0.05) is 63.2 Å². The van der Waals surface area contributed by atoms with E-state index < -0.39 is 76.0 Å². The minimum absolute atomic E-state index is 0.0564. The number of unbranched alkanes of at least 4 members (excludes halogenated alkanes) is 1. The van der Waals surface area contributed by atoms with Gasteiger partial charge in [0.15, 0.2) is 10.8 Å². The largest absolute Gasteiger partial charge is 0.494 e. The quantitative estimate of drug-likeness (QED) is 0.0457. The molecular formula is C53H56F4N8O7S2. The molecule has 3 N–H and O–H groups in total. The Morgan fingerprint density at radius 2 is 1.64 bits per heavy atom. The topological polar surface area (TPSA) is 190 Å². The van der Waals surface area contributed by atoms with E-state index in [4.69, 9.17) is 27.0 Å². The number of rotatable bonds is 17. The number of hydrogen-bond donors (Lipinski definition) is 3. The fourth-order valence-corrected chi connectivity index (χ4v) is 10.1. The standard InChI is InChI=1S/C53H56F4N8O7S2/c1-30(32-10-12-34(13-11-32)45-31(2)60-29-74-45)61-47(68)43-24-37(66)27-63(43)48(69)46(51(3,4)5)62-44(67)28-71-20-8-9-21-72-38-17-14-33(15-18-38)35-16-19-42(40(54)22-35)65-50(73)64(49(70)52(65,6)7)36-23-39(53(55,56)57)41(25-58)59-26-36/h10-19,22-23,26,29-30,37,43,46,66H,8-9,20-21,24,27-28H2,1-7H3,(H,61,68)(H,62,67)/t30?,37-,43+,46?/m1/s1.